The number of nitrogens with two attached hydrogens (primary N) is 1. The molecule has 116 valence electrons. The molecule has 0 bridgehead atoms. The standard InChI is InChI=1S/C16H23FN2O2/c1-16(2,3)21-15(20)19-9-8-14(18)13(10-19)11-4-6-12(17)7-5-11/h4-7,13-14H,8-10,18H2,1-3H3/t13-,14+/m1/s1. The summed E-state index contributed by atoms with van der Waals surface area (Å²) in [6.07, 6.45) is 0.392. The lowest BCUT2D eigenvalue weighted by Gasteiger charge is -2.37. The van der Waals surface area contributed by atoms with Crippen molar-refractivity contribution in [2.45, 2.75) is 44.8 Å². The molecule has 0 radical (unpaired) electrons. The smallest absolute Gasteiger partial charge is 0.410 e. The van der Waals surface area contributed by atoms with Crippen molar-refractivity contribution in [1.82, 2.24) is 4.90 Å². The van der Waals surface area contributed by atoms with Crippen LogP contribution in [-0.4, -0.2) is 35.7 Å². The van der Waals surface area contributed by atoms with Gasteiger partial charge in [-0.1, -0.05) is 12.1 Å². The molecule has 1 fully saturated rings. The van der Waals surface area contributed by atoms with E-state index in [-0.39, 0.29) is 23.9 Å². The Morgan fingerprint density at radius 2 is 1.95 bits per heavy atom. The highest BCUT2D eigenvalue weighted by Crippen LogP contribution is 2.27. The molecule has 4 nitrogen and oxygen atoms in total. The average Bonchev–Trinajstić information content (AvgIpc) is 2.38. The van der Waals surface area contributed by atoms with Crippen LogP contribution in [0.5, 0.6) is 0 Å². The third kappa shape index (κ3) is 4.17. The first-order valence-corrected chi connectivity index (χ1v) is 7.25. The van der Waals surface area contributed by atoms with Crippen molar-refractivity contribution >= 4 is 6.09 Å². The summed E-state index contributed by atoms with van der Waals surface area (Å²) in [5.74, 6) is -0.265. The Hall–Kier alpha value is -1.62. The Kier molecular flexibility index (Phi) is 4.52. The molecule has 1 aromatic rings. The molecular formula is C16H23FN2O2. The van der Waals surface area contributed by atoms with Crippen molar-refractivity contribution < 1.29 is 13.9 Å². The molecule has 2 N–H and O–H groups in total. The largest absolute Gasteiger partial charge is 0.444 e. The average molecular weight is 294 g/mol. The van der Waals surface area contributed by atoms with Gasteiger partial charge in [-0.2, -0.15) is 0 Å². The van der Waals surface area contributed by atoms with Crippen LogP contribution < -0.4 is 5.73 Å². The zero-order valence-corrected chi connectivity index (χ0v) is 12.8. The van der Waals surface area contributed by atoms with E-state index in [9.17, 15) is 9.18 Å². The fourth-order valence-corrected chi connectivity index (χ4v) is 2.53. The van der Waals surface area contributed by atoms with Crippen molar-refractivity contribution in [1.29, 1.82) is 0 Å². The van der Waals surface area contributed by atoms with E-state index in [1.54, 1.807) is 17.0 Å². The molecule has 1 amide bonds. The van der Waals surface area contributed by atoms with Gasteiger partial charge in [0.25, 0.3) is 0 Å². The van der Waals surface area contributed by atoms with Gasteiger partial charge >= 0.3 is 6.09 Å². The first-order chi connectivity index (χ1) is 9.76. The zero-order valence-electron chi connectivity index (χ0n) is 12.8. The van der Waals surface area contributed by atoms with Crippen LogP contribution in [0.3, 0.4) is 0 Å². The quantitative estimate of drug-likeness (QED) is 0.866. The highest BCUT2D eigenvalue weighted by Gasteiger charge is 2.32. The monoisotopic (exact) mass is 294 g/mol. The maximum atomic E-state index is 13.0. The van der Waals surface area contributed by atoms with E-state index >= 15 is 0 Å². The van der Waals surface area contributed by atoms with Gasteiger partial charge in [-0.05, 0) is 44.9 Å². The summed E-state index contributed by atoms with van der Waals surface area (Å²) in [5, 5.41) is 0. The van der Waals surface area contributed by atoms with Crippen molar-refractivity contribution in [2.75, 3.05) is 13.1 Å². The fourth-order valence-electron chi connectivity index (χ4n) is 2.53. The molecule has 0 aliphatic carbocycles. The summed E-state index contributed by atoms with van der Waals surface area (Å²) >= 11 is 0. The zero-order chi connectivity index (χ0) is 15.6. The Labute approximate surface area is 125 Å². The number of rotatable bonds is 1. The first-order valence-electron chi connectivity index (χ1n) is 7.25. The number of ether oxygens (including phenoxy) is 1. The fraction of sp³-hybridized carbons (Fsp3) is 0.562. The van der Waals surface area contributed by atoms with E-state index in [0.717, 1.165) is 5.56 Å². The number of halogens is 1. The maximum absolute atomic E-state index is 13.0. The summed E-state index contributed by atoms with van der Waals surface area (Å²) in [4.78, 5) is 13.8. The normalized spacial score (nSPS) is 23.0. The van der Waals surface area contributed by atoms with Gasteiger partial charge in [0.05, 0.1) is 0 Å². The van der Waals surface area contributed by atoms with Crippen molar-refractivity contribution in [2.24, 2.45) is 5.73 Å². The van der Waals surface area contributed by atoms with Crippen LogP contribution in [0.1, 0.15) is 38.7 Å². The lowest BCUT2D eigenvalue weighted by atomic mass is 9.87. The van der Waals surface area contributed by atoms with Crippen LogP contribution in [0.4, 0.5) is 9.18 Å². The van der Waals surface area contributed by atoms with Crippen LogP contribution in [0, 0.1) is 5.82 Å². The van der Waals surface area contributed by atoms with E-state index < -0.39 is 5.60 Å². The second-order valence-corrected chi connectivity index (χ2v) is 6.54. The Bertz CT molecular complexity index is 496. The minimum Gasteiger partial charge on any atom is -0.444 e. The van der Waals surface area contributed by atoms with Crippen LogP contribution in [0.2, 0.25) is 0 Å². The molecule has 1 aliphatic heterocycles. The number of hydrogen-bond donors (Lipinski definition) is 1. The van der Waals surface area contributed by atoms with Crippen molar-refractivity contribution in [3.63, 3.8) is 0 Å². The number of benzene rings is 1. The molecule has 0 unspecified atom stereocenters. The van der Waals surface area contributed by atoms with Crippen LogP contribution in [-0.2, 0) is 4.74 Å². The number of carbonyl (C=O) groups excluding carboxylic acids is 1. The summed E-state index contributed by atoms with van der Waals surface area (Å²) in [6.45, 7) is 6.63. The number of carbonyl (C=O) groups is 1. The number of piperidine rings is 1. The van der Waals surface area contributed by atoms with Gasteiger partial charge in [0.15, 0.2) is 0 Å². The summed E-state index contributed by atoms with van der Waals surface area (Å²) in [6, 6.07) is 6.29. The minimum atomic E-state index is -0.512. The van der Waals surface area contributed by atoms with Crippen molar-refractivity contribution in [3.8, 4) is 0 Å². The van der Waals surface area contributed by atoms with Gasteiger partial charge in [0, 0.05) is 25.0 Å². The van der Waals surface area contributed by atoms with Crippen LogP contribution in [0.25, 0.3) is 0 Å². The number of likely N-dealkylation sites (tertiary alicyclic amines) is 1. The predicted octanol–water partition coefficient (Wildman–Crippen LogP) is 2.88. The topological polar surface area (TPSA) is 55.6 Å². The first kappa shape index (κ1) is 15.8. The highest BCUT2D eigenvalue weighted by molar-refractivity contribution is 5.68. The second kappa shape index (κ2) is 6.02. The molecular weight excluding hydrogens is 271 g/mol. The Morgan fingerprint density at radius 3 is 2.52 bits per heavy atom. The van der Waals surface area contributed by atoms with E-state index in [2.05, 4.69) is 0 Å². The molecule has 2 rings (SSSR count). The number of nitrogens with zero attached hydrogens (tertiary/aromatic N) is 1. The molecule has 2 atom stereocenters. The van der Waals surface area contributed by atoms with Gasteiger partial charge in [-0.25, -0.2) is 9.18 Å². The second-order valence-electron chi connectivity index (χ2n) is 6.54. The van der Waals surface area contributed by atoms with E-state index in [1.807, 2.05) is 20.8 Å². The molecule has 5 heteroatoms. The summed E-state index contributed by atoms with van der Waals surface area (Å²) in [7, 11) is 0. The van der Waals surface area contributed by atoms with Gasteiger partial charge in [0.1, 0.15) is 11.4 Å². The SMILES string of the molecule is CC(C)(C)OC(=O)N1CC[C@H](N)[C@@H](c2ccc(F)cc2)C1. The Morgan fingerprint density at radius 1 is 1.33 bits per heavy atom. The third-order valence-corrected chi connectivity index (χ3v) is 3.62. The molecule has 1 aliphatic rings. The third-order valence-electron chi connectivity index (χ3n) is 3.62. The van der Waals surface area contributed by atoms with Crippen molar-refractivity contribution in [3.05, 3.63) is 35.6 Å². The maximum Gasteiger partial charge on any atom is 0.410 e. The van der Waals surface area contributed by atoms with Crippen LogP contribution in [0.15, 0.2) is 24.3 Å². The van der Waals surface area contributed by atoms with E-state index in [4.69, 9.17) is 10.5 Å². The molecule has 0 saturated carbocycles. The molecule has 21 heavy (non-hydrogen) atoms. The van der Waals surface area contributed by atoms with Gasteiger partial charge in [0.2, 0.25) is 0 Å². The summed E-state index contributed by atoms with van der Waals surface area (Å²) in [5.41, 5.74) is 6.61. The van der Waals surface area contributed by atoms with E-state index in [1.165, 1.54) is 12.1 Å². The lowest BCUT2D eigenvalue weighted by molar-refractivity contribution is 0.0186. The minimum absolute atomic E-state index is 0.00636. The number of amides is 1. The lowest BCUT2D eigenvalue weighted by Crippen LogP contribution is -2.49. The van der Waals surface area contributed by atoms with Gasteiger partial charge < -0.3 is 15.4 Å². The molecule has 0 aromatic heterocycles. The predicted molar refractivity (Wildman–Crippen MR) is 79.5 cm³/mol. The molecule has 1 heterocycles. The molecule has 0 spiro atoms. The highest BCUT2D eigenvalue weighted by atomic mass is 19.1. The van der Waals surface area contributed by atoms with Crippen LogP contribution >= 0.6 is 0 Å². The Balaban J connectivity index is 2.09. The van der Waals surface area contributed by atoms with Gasteiger partial charge in [-0.3, -0.25) is 0 Å². The molecule has 1 saturated heterocycles. The molecule has 1 aromatic carbocycles. The summed E-state index contributed by atoms with van der Waals surface area (Å²) < 4.78 is 18.4. The van der Waals surface area contributed by atoms with Gasteiger partial charge in [-0.15, -0.1) is 0 Å². The number of hydrogen-bond acceptors (Lipinski definition) is 3. The van der Waals surface area contributed by atoms with E-state index in [0.29, 0.717) is 19.5 Å².